The summed E-state index contributed by atoms with van der Waals surface area (Å²) < 4.78 is 0. The Morgan fingerprint density at radius 2 is 2.08 bits per heavy atom. The first-order valence-corrected chi connectivity index (χ1v) is 5.07. The molecule has 0 saturated heterocycles. The molecular formula is C11H16O. The summed E-state index contributed by atoms with van der Waals surface area (Å²) in [5.41, 5.74) is 1.55. The molecule has 0 heterocycles. The summed E-state index contributed by atoms with van der Waals surface area (Å²) in [7, 11) is 0. The van der Waals surface area contributed by atoms with Gasteiger partial charge in [0, 0.05) is 12.3 Å². The number of fused-ring (bicyclic) bond motifs is 2. The van der Waals surface area contributed by atoms with E-state index in [4.69, 9.17) is 0 Å². The number of carbonyl (C=O) groups excluding carboxylic acids is 1. The SMILES string of the molecule is O=C1CCCCC2=CCCC1C2. The van der Waals surface area contributed by atoms with Crippen molar-refractivity contribution in [3.8, 4) is 0 Å². The van der Waals surface area contributed by atoms with Gasteiger partial charge in [0.2, 0.25) is 0 Å². The second kappa shape index (κ2) is 3.42. The van der Waals surface area contributed by atoms with E-state index in [-0.39, 0.29) is 0 Å². The van der Waals surface area contributed by atoms with Gasteiger partial charge in [-0.25, -0.2) is 0 Å². The Labute approximate surface area is 73.8 Å². The molecule has 0 aromatic heterocycles. The number of hydrogen-bond acceptors (Lipinski definition) is 1. The van der Waals surface area contributed by atoms with Crippen LogP contribution in [-0.2, 0) is 4.79 Å². The molecule has 12 heavy (non-hydrogen) atoms. The first-order chi connectivity index (χ1) is 5.86. The van der Waals surface area contributed by atoms with Crippen molar-refractivity contribution in [1.29, 1.82) is 0 Å². The van der Waals surface area contributed by atoms with Crippen LogP contribution in [0.15, 0.2) is 11.6 Å². The lowest BCUT2D eigenvalue weighted by Gasteiger charge is -2.24. The van der Waals surface area contributed by atoms with Gasteiger partial charge >= 0.3 is 0 Å². The number of rotatable bonds is 0. The van der Waals surface area contributed by atoms with Crippen molar-refractivity contribution in [3.05, 3.63) is 11.6 Å². The molecule has 0 amide bonds. The van der Waals surface area contributed by atoms with Gasteiger partial charge in [-0.3, -0.25) is 4.79 Å². The van der Waals surface area contributed by atoms with Gasteiger partial charge in [-0.1, -0.05) is 11.6 Å². The zero-order valence-corrected chi connectivity index (χ0v) is 7.51. The lowest BCUT2D eigenvalue weighted by atomic mass is 9.80. The van der Waals surface area contributed by atoms with Crippen LogP contribution in [0, 0.1) is 5.92 Å². The standard InChI is InChI=1S/C11H16O/c12-11-7-2-1-4-9-5-3-6-10(11)8-9/h5,10H,1-4,6-8H2. The van der Waals surface area contributed by atoms with E-state index in [1.165, 1.54) is 12.8 Å². The highest BCUT2D eigenvalue weighted by Crippen LogP contribution is 2.31. The Balaban J connectivity index is 2.11. The van der Waals surface area contributed by atoms with E-state index in [0.717, 1.165) is 32.1 Å². The average molecular weight is 164 g/mol. The van der Waals surface area contributed by atoms with Crippen LogP contribution >= 0.6 is 0 Å². The molecule has 1 fully saturated rings. The highest BCUT2D eigenvalue weighted by molar-refractivity contribution is 5.81. The fraction of sp³-hybridized carbons (Fsp3) is 0.727. The number of carbonyl (C=O) groups is 1. The fourth-order valence-electron chi connectivity index (χ4n) is 2.32. The maximum atomic E-state index is 11.6. The molecule has 0 aliphatic heterocycles. The summed E-state index contributed by atoms with van der Waals surface area (Å²) in [5, 5.41) is 0. The van der Waals surface area contributed by atoms with Crippen LogP contribution in [0.25, 0.3) is 0 Å². The Morgan fingerprint density at radius 1 is 1.25 bits per heavy atom. The van der Waals surface area contributed by atoms with Gasteiger partial charge < -0.3 is 0 Å². The van der Waals surface area contributed by atoms with Crippen molar-refractivity contribution < 1.29 is 4.79 Å². The van der Waals surface area contributed by atoms with E-state index < -0.39 is 0 Å². The topological polar surface area (TPSA) is 17.1 Å². The van der Waals surface area contributed by atoms with Gasteiger partial charge in [0.05, 0.1) is 0 Å². The molecule has 1 atom stereocenters. The molecule has 0 radical (unpaired) electrons. The van der Waals surface area contributed by atoms with Gasteiger partial charge in [-0.15, -0.1) is 0 Å². The maximum absolute atomic E-state index is 11.6. The highest BCUT2D eigenvalue weighted by atomic mass is 16.1. The van der Waals surface area contributed by atoms with E-state index in [1.54, 1.807) is 5.57 Å². The molecule has 0 aromatic carbocycles. The van der Waals surface area contributed by atoms with Gasteiger partial charge in [0.1, 0.15) is 5.78 Å². The van der Waals surface area contributed by atoms with Crippen molar-refractivity contribution in [1.82, 2.24) is 0 Å². The van der Waals surface area contributed by atoms with Gasteiger partial charge in [-0.05, 0) is 38.5 Å². The molecule has 1 saturated carbocycles. The zero-order valence-electron chi connectivity index (χ0n) is 7.51. The van der Waals surface area contributed by atoms with Crippen molar-refractivity contribution >= 4 is 5.78 Å². The molecule has 1 nitrogen and oxygen atoms in total. The van der Waals surface area contributed by atoms with E-state index in [1.807, 2.05) is 0 Å². The van der Waals surface area contributed by atoms with Crippen LogP contribution in [0.4, 0.5) is 0 Å². The van der Waals surface area contributed by atoms with Crippen molar-refractivity contribution in [2.45, 2.75) is 44.9 Å². The van der Waals surface area contributed by atoms with Crippen LogP contribution in [0.2, 0.25) is 0 Å². The summed E-state index contributed by atoms with van der Waals surface area (Å²) in [6, 6.07) is 0. The molecule has 0 spiro atoms. The smallest absolute Gasteiger partial charge is 0.136 e. The van der Waals surface area contributed by atoms with E-state index in [2.05, 4.69) is 6.08 Å². The van der Waals surface area contributed by atoms with Crippen LogP contribution in [0.5, 0.6) is 0 Å². The molecule has 66 valence electrons. The molecule has 1 unspecified atom stereocenters. The predicted molar refractivity (Wildman–Crippen MR) is 48.9 cm³/mol. The number of Topliss-reactive ketones (excluding diaryl/α,β-unsaturated/α-hetero) is 1. The van der Waals surface area contributed by atoms with Crippen LogP contribution in [-0.4, -0.2) is 5.78 Å². The third-order valence-corrected chi connectivity index (χ3v) is 3.08. The molecule has 2 aliphatic rings. The second-order valence-corrected chi connectivity index (χ2v) is 4.01. The molecule has 2 bridgehead atoms. The minimum atomic E-state index is 0.394. The zero-order chi connectivity index (χ0) is 8.39. The molecule has 0 N–H and O–H groups in total. The minimum absolute atomic E-state index is 0.394. The van der Waals surface area contributed by atoms with E-state index >= 15 is 0 Å². The molecule has 2 aliphatic carbocycles. The van der Waals surface area contributed by atoms with Gasteiger partial charge in [0.25, 0.3) is 0 Å². The highest BCUT2D eigenvalue weighted by Gasteiger charge is 2.23. The second-order valence-electron chi connectivity index (χ2n) is 4.01. The van der Waals surface area contributed by atoms with Crippen molar-refractivity contribution in [2.24, 2.45) is 5.92 Å². The Morgan fingerprint density at radius 3 is 3.00 bits per heavy atom. The Kier molecular flexibility index (Phi) is 2.29. The van der Waals surface area contributed by atoms with Crippen LogP contribution in [0.3, 0.4) is 0 Å². The summed E-state index contributed by atoms with van der Waals surface area (Å²) >= 11 is 0. The summed E-state index contributed by atoms with van der Waals surface area (Å²) in [6.45, 7) is 0. The summed E-state index contributed by atoms with van der Waals surface area (Å²) in [4.78, 5) is 11.6. The Bertz CT molecular complexity index is 215. The third-order valence-electron chi connectivity index (χ3n) is 3.08. The normalized spacial score (nSPS) is 30.5. The fourth-order valence-corrected chi connectivity index (χ4v) is 2.32. The first kappa shape index (κ1) is 8.03. The molecular weight excluding hydrogens is 148 g/mol. The van der Waals surface area contributed by atoms with Gasteiger partial charge in [0.15, 0.2) is 0 Å². The van der Waals surface area contributed by atoms with Crippen molar-refractivity contribution in [2.75, 3.05) is 0 Å². The lowest BCUT2D eigenvalue weighted by molar-refractivity contribution is -0.123. The predicted octanol–water partition coefficient (Wildman–Crippen LogP) is 2.86. The molecule has 2 rings (SSSR count). The van der Waals surface area contributed by atoms with Crippen molar-refractivity contribution in [3.63, 3.8) is 0 Å². The number of hydrogen-bond donors (Lipinski definition) is 0. The summed E-state index contributed by atoms with van der Waals surface area (Å²) in [6.07, 6.45) is 10.1. The summed E-state index contributed by atoms with van der Waals surface area (Å²) in [5.74, 6) is 0.922. The van der Waals surface area contributed by atoms with Crippen LogP contribution in [0.1, 0.15) is 44.9 Å². The lowest BCUT2D eigenvalue weighted by Crippen LogP contribution is -2.19. The quantitative estimate of drug-likeness (QED) is 0.503. The minimum Gasteiger partial charge on any atom is -0.299 e. The van der Waals surface area contributed by atoms with E-state index in [9.17, 15) is 4.79 Å². The number of allylic oxidation sites excluding steroid dienone is 2. The average Bonchev–Trinajstić information content (AvgIpc) is 2.11. The number of ketones is 1. The molecule has 0 aromatic rings. The monoisotopic (exact) mass is 164 g/mol. The van der Waals surface area contributed by atoms with Gasteiger partial charge in [-0.2, -0.15) is 0 Å². The Hall–Kier alpha value is -0.590. The third kappa shape index (κ3) is 1.60. The first-order valence-electron chi connectivity index (χ1n) is 5.07. The largest absolute Gasteiger partial charge is 0.299 e. The molecule has 1 heteroatoms. The van der Waals surface area contributed by atoms with E-state index in [0.29, 0.717) is 11.7 Å². The maximum Gasteiger partial charge on any atom is 0.136 e. The van der Waals surface area contributed by atoms with Crippen LogP contribution < -0.4 is 0 Å².